The Balaban J connectivity index is 1.58. The highest BCUT2D eigenvalue weighted by molar-refractivity contribution is 7.89. The van der Waals surface area contributed by atoms with Gasteiger partial charge in [0.05, 0.1) is 4.90 Å². The van der Waals surface area contributed by atoms with E-state index in [-0.39, 0.29) is 10.8 Å². The van der Waals surface area contributed by atoms with Crippen LogP contribution in [-0.4, -0.2) is 62.8 Å². The van der Waals surface area contributed by atoms with Crippen LogP contribution in [0.15, 0.2) is 23.1 Å². The first kappa shape index (κ1) is 20.3. The second-order valence-corrected chi connectivity index (χ2v) is 9.51. The molecule has 0 bridgehead atoms. The smallest absolute Gasteiger partial charge is 0.251 e. The maximum absolute atomic E-state index is 12.9. The Morgan fingerprint density at radius 3 is 2.41 bits per heavy atom. The Kier molecular flexibility index (Phi) is 6.89. The second kappa shape index (κ2) is 9.17. The maximum Gasteiger partial charge on any atom is 0.251 e. The fourth-order valence-electron chi connectivity index (χ4n) is 3.88. The minimum absolute atomic E-state index is 0.202. The minimum atomic E-state index is -3.52. The number of nitrogens with one attached hydrogen (secondary N) is 1. The van der Waals surface area contributed by atoms with Gasteiger partial charge in [0.25, 0.3) is 5.91 Å². The number of rotatable bonds is 7. The molecule has 0 aliphatic carbocycles. The van der Waals surface area contributed by atoms with Gasteiger partial charge in [-0.1, -0.05) is 12.5 Å². The third kappa shape index (κ3) is 5.09. The third-order valence-corrected chi connectivity index (χ3v) is 7.56. The minimum Gasteiger partial charge on any atom is -0.352 e. The zero-order valence-corrected chi connectivity index (χ0v) is 17.1. The molecule has 3 rings (SSSR count). The van der Waals surface area contributed by atoms with E-state index in [0.717, 1.165) is 38.9 Å². The van der Waals surface area contributed by atoms with Crippen LogP contribution >= 0.6 is 0 Å². The Morgan fingerprint density at radius 1 is 1.04 bits per heavy atom. The van der Waals surface area contributed by atoms with Crippen molar-refractivity contribution in [2.24, 2.45) is 0 Å². The van der Waals surface area contributed by atoms with Gasteiger partial charge in [0.1, 0.15) is 0 Å². The first-order chi connectivity index (χ1) is 13.0. The molecule has 6 nitrogen and oxygen atoms in total. The molecule has 1 N–H and O–H groups in total. The predicted molar refractivity (Wildman–Crippen MR) is 106 cm³/mol. The summed E-state index contributed by atoms with van der Waals surface area (Å²) in [6.07, 6.45) is 6.57. The van der Waals surface area contributed by atoms with Crippen molar-refractivity contribution in [1.29, 1.82) is 0 Å². The first-order valence-corrected chi connectivity index (χ1v) is 11.5. The molecule has 1 amide bonds. The lowest BCUT2D eigenvalue weighted by molar-refractivity contribution is 0.0951. The van der Waals surface area contributed by atoms with E-state index in [1.807, 2.05) is 0 Å². The summed E-state index contributed by atoms with van der Waals surface area (Å²) in [7, 11) is -3.52. The molecule has 2 saturated heterocycles. The molecule has 0 unspecified atom stereocenters. The molecule has 7 heteroatoms. The molecule has 0 atom stereocenters. The normalized spacial score (nSPS) is 19.3. The molecule has 0 radical (unpaired) electrons. The van der Waals surface area contributed by atoms with Crippen LogP contribution in [0.1, 0.15) is 54.4 Å². The lowest BCUT2D eigenvalue weighted by Gasteiger charge is -2.26. The highest BCUT2D eigenvalue weighted by Gasteiger charge is 2.29. The fraction of sp³-hybridized carbons (Fsp3) is 0.650. The van der Waals surface area contributed by atoms with Gasteiger partial charge < -0.3 is 10.2 Å². The monoisotopic (exact) mass is 393 g/mol. The van der Waals surface area contributed by atoms with Crippen molar-refractivity contribution in [3.63, 3.8) is 0 Å². The van der Waals surface area contributed by atoms with Gasteiger partial charge in [0, 0.05) is 25.2 Å². The van der Waals surface area contributed by atoms with Crippen molar-refractivity contribution in [3.05, 3.63) is 29.3 Å². The number of aryl methyl sites for hydroxylation is 1. The number of nitrogens with zero attached hydrogens (tertiary/aromatic N) is 2. The van der Waals surface area contributed by atoms with Crippen molar-refractivity contribution < 1.29 is 13.2 Å². The molecule has 2 heterocycles. The summed E-state index contributed by atoms with van der Waals surface area (Å²) in [6.45, 7) is 6.83. The van der Waals surface area contributed by atoms with Crippen LogP contribution in [-0.2, 0) is 10.0 Å². The van der Waals surface area contributed by atoms with E-state index in [1.54, 1.807) is 19.1 Å². The van der Waals surface area contributed by atoms with E-state index in [4.69, 9.17) is 0 Å². The van der Waals surface area contributed by atoms with E-state index in [9.17, 15) is 13.2 Å². The molecule has 0 spiro atoms. The van der Waals surface area contributed by atoms with Gasteiger partial charge in [0.15, 0.2) is 0 Å². The molecule has 1 aromatic carbocycles. The van der Waals surface area contributed by atoms with Gasteiger partial charge in [0.2, 0.25) is 10.0 Å². The van der Waals surface area contributed by atoms with Crippen LogP contribution in [0, 0.1) is 6.92 Å². The van der Waals surface area contributed by atoms with Crippen molar-refractivity contribution in [1.82, 2.24) is 14.5 Å². The van der Waals surface area contributed by atoms with Crippen LogP contribution in [0.25, 0.3) is 0 Å². The number of carbonyl (C=O) groups excluding carboxylic acids is 1. The number of sulfonamides is 1. The van der Waals surface area contributed by atoms with Gasteiger partial charge in [-0.05, 0) is 76.4 Å². The van der Waals surface area contributed by atoms with Crippen molar-refractivity contribution in [3.8, 4) is 0 Å². The van der Waals surface area contributed by atoms with E-state index in [0.29, 0.717) is 30.8 Å². The largest absolute Gasteiger partial charge is 0.352 e. The topological polar surface area (TPSA) is 69.7 Å². The summed E-state index contributed by atoms with van der Waals surface area (Å²) in [5.74, 6) is -0.202. The third-order valence-electron chi connectivity index (χ3n) is 5.52. The lowest BCUT2D eigenvalue weighted by atomic mass is 10.1. The zero-order valence-electron chi connectivity index (χ0n) is 16.2. The Bertz CT molecular complexity index is 752. The quantitative estimate of drug-likeness (QED) is 0.722. The number of hydrogen-bond donors (Lipinski definition) is 1. The van der Waals surface area contributed by atoms with Crippen LogP contribution < -0.4 is 5.32 Å². The van der Waals surface area contributed by atoms with Crippen molar-refractivity contribution in [2.75, 3.05) is 39.3 Å². The van der Waals surface area contributed by atoms with Crippen LogP contribution in [0.5, 0.6) is 0 Å². The van der Waals surface area contributed by atoms with Crippen LogP contribution in [0.2, 0.25) is 0 Å². The summed E-state index contributed by atoms with van der Waals surface area (Å²) in [6, 6.07) is 4.97. The number of hydrogen-bond acceptors (Lipinski definition) is 4. The number of likely N-dealkylation sites (tertiary alicyclic amines) is 1. The lowest BCUT2D eigenvalue weighted by Crippen LogP contribution is -2.33. The molecule has 27 heavy (non-hydrogen) atoms. The average Bonchev–Trinajstić information content (AvgIpc) is 3.22. The number of amides is 1. The molecule has 2 fully saturated rings. The zero-order chi connectivity index (χ0) is 19.3. The number of benzene rings is 1. The summed E-state index contributed by atoms with van der Waals surface area (Å²) in [4.78, 5) is 15.2. The van der Waals surface area contributed by atoms with Gasteiger partial charge in [-0.3, -0.25) is 4.79 Å². The number of piperidine rings is 1. The molecule has 150 valence electrons. The van der Waals surface area contributed by atoms with Crippen LogP contribution in [0.3, 0.4) is 0 Å². The highest BCUT2D eigenvalue weighted by Crippen LogP contribution is 2.24. The standard InChI is InChI=1S/C20H31N3O3S/c1-17-8-9-18(16-19(17)27(25,26)23-14-5-6-15-23)20(24)21-10-7-13-22-11-3-2-4-12-22/h8-9,16H,2-7,10-15H2,1H3,(H,21,24). The summed E-state index contributed by atoms with van der Waals surface area (Å²) < 4.78 is 27.2. The summed E-state index contributed by atoms with van der Waals surface area (Å²) in [5, 5.41) is 2.93. The van der Waals surface area contributed by atoms with Crippen LogP contribution in [0.4, 0.5) is 0 Å². The summed E-state index contributed by atoms with van der Waals surface area (Å²) in [5.41, 5.74) is 1.10. The number of carbonyl (C=O) groups is 1. The SMILES string of the molecule is Cc1ccc(C(=O)NCCCN2CCCCC2)cc1S(=O)(=O)N1CCCC1. The second-order valence-electron chi connectivity index (χ2n) is 7.60. The molecule has 0 saturated carbocycles. The predicted octanol–water partition coefficient (Wildman–Crippen LogP) is 2.39. The van der Waals surface area contributed by atoms with Crippen molar-refractivity contribution in [2.45, 2.75) is 50.3 Å². The first-order valence-electron chi connectivity index (χ1n) is 10.1. The Labute approximate surface area is 163 Å². The Morgan fingerprint density at radius 2 is 1.70 bits per heavy atom. The molecule has 0 aromatic heterocycles. The highest BCUT2D eigenvalue weighted by atomic mass is 32.2. The van der Waals surface area contributed by atoms with Crippen molar-refractivity contribution >= 4 is 15.9 Å². The van der Waals surface area contributed by atoms with Gasteiger partial charge in [-0.25, -0.2) is 8.42 Å². The molecule has 2 aliphatic heterocycles. The van der Waals surface area contributed by atoms with E-state index in [2.05, 4.69) is 10.2 Å². The van der Waals surface area contributed by atoms with E-state index < -0.39 is 10.0 Å². The molecule has 1 aromatic rings. The molecular formula is C20H31N3O3S. The summed E-state index contributed by atoms with van der Waals surface area (Å²) >= 11 is 0. The molecule has 2 aliphatic rings. The van der Waals surface area contributed by atoms with Gasteiger partial charge >= 0.3 is 0 Å². The fourth-order valence-corrected chi connectivity index (χ4v) is 5.64. The molecular weight excluding hydrogens is 362 g/mol. The Hall–Kier alpha value is -1.44. The average molecular weight is 394 g/mol. The van der Waals surface area contributed by atoms with E-state index in [1.165, 1.54) is 29.6 Å². The van der Waals surface area contributed by atoms with Gasteiger partial charge in [-0.15, -0.1) is 0 Å². The van der Waals surface area contributed by atoms with Gasteiger partial charge in [-0.2, -0.15) is 4.31 Å². The maximum atomic E-state index is 12.9. The van der Waals surface area contributed by atoms with E-state index >= 15 is 0 Å².